The molecule has 28 heavy (non-hydrogen) atoms. The number of hydrogen-bond acceptors (Lipinski definition) is 3. The predicted octanol–water partition coefficient (Wildman–Crippen LogP) is 3.65. The van der Waals surface area contributed by atoms with Crippen LogP contribution in [0.15, 0.2) is 48.5 Å². The summed E-state index contributed by atoms with van der Waals surface area (Å²) in [7, 11) is 2.18. The monoisotopic (exact) mass is 376 g/mol. The van der Waals surface area contributed by atoms with E-state index >= 15 is 0 Å². The van der Waals surface area contributed by atoms with Gasteiger partial charge in [-0.25, -0.2) is 0 Å². The van der Waals surface area contributed by atoms with Gasteiger partial charge in [-0.2, -0.15) is 5.10 Å². The second-order valence-corrected chi connectivity index (χ2v) is 7.88. The fraction of sp³-hybridized carbons (Fsp3) is 0.391. The van der Waals surface area contributed by atoms with Crippen molar-refractivity contribution in [1.82, 2.24) is 20.0 Å². The molecule has 0 spiro atoms. The Kier molecular flexibility index (Phi) is 5.44. The molecule has 1 fully saturated rings. The van der Waals surface area contributed by atoms with Gasteiger partial charge < -0.3 is 9.80 Å². The highest BCUT2D eigenvalue weighted by Gasteiger charge is 2.28. The molecule has 5 heteroatoms. The van der Waals surface area contributed by atoms with Gasteiger partial charge in [0.2, 0.25) is 0 Å². The fourth-order valence-corrected chi connectivity index (χ4v) is 4.07. The maximum absolute atomic E-state index is 13.2. The molecular weight excluding hydrogens is 348 g/mol. The number of aromatic amines is 1. The lowest BCUT2D eigenvalue weighted by Crippen LogP contribution is -2.49. The number of fused-ring (bicyclic) bond motifs is 1. The van der Waals surface area contributed by atoms with Crippen molar-refractivity contribution < 1.29 is 4.79 Å². The molecule has 2 aromatic carbocycles. The van der Waals surface area contributed by atoms with Crippen molar-refractivity contribution >= 4 is 16.8 Å². The molecule has 0 saturated carbocycles. The molecule has 1 saturated heterocycles. The summed E-state index contributed by atoms with van der Waals surface area (Å²) in [6.07, 6.45) is 3.20. The zero-order valence-electron chi connectivity index (χ0n) is 16.7. The van der Waals surface area contributed by atoms with Crippen molar-refractivity contribution in [3.8, 4) is 0 Å². The number of hydrogen-bond donors (Lipinski definition) is 1. The van der Waals surface area contributed by atoms with Crippen LogP contribution in [0.2, 0.25) is 0 Å². The molecule has 1 amide bonds. The summed E-state index contributed by atoms with van der Waals surface area (Å²) >= 11 is 0. The topological polar surface area (TPSA) is 52.2 Å². The largest absolute Gasteiger partial charge is 0.336 e. The third-order valence-corrected chi connectivity index (χ3v) is 5.82. The van der Waals surface area contributed by atoms with E-state index in [2.05, 4.69) is 52.5 Å². The van der Waals surface area contributed by atoms with Crippen LogP contribution in [0.5, 0.6) is 0 Å². The highest BCUT2D eigenvalue weighted by atomic mass is 16.2. The van der Waals surface area contributed by atoms with Crippen LogP contribution in [-0.4, -0.2) is 58.6 Å². The first-order valence-corrected chi connectivity index (χ1v) is 10.1. The van der Waals surface area contributed by atoms with E-state index in [-0.39, 0.29) is 5.91 Å². The van der Waals surface area contributed by atoms with Crippen molar-refractivity contribution in [3.05, 3.63) is 65.4 Å². The van der Waals surface area contributed by atoms with Crippen molar-refractivity contribution in [2.45, 2.75) is 32.2 Å². The molecule has 0 aliphatic carbocycles. The number of nitrogens with one attached hydrogen (secondary N) is 1. The second-order valence-electron chi connectivity index (χ2n) is 7.88. The van der Waals surface area contributed by atoms with E-state index in [1.54, 1.807) is 0 Å². The number of aromatic nitrogens is 2. The van der Waals surface area contributed by atoms with Crippen molar-refractivity contribution in [1.29, 1.82) is 0 Å². The van der Waals surface area contributed by atoms with Crippen LogP contribution in [0.4, 0.5) is 0 Å². The molecule has 1 aliphatic rings. The predicted molar refractivity (Wildman–Crippen MR) is 113 cm³/mol. The molecule has 1 aromatic heterocycles. The number of H-pyrrole nitrogens is 1. The lowest BCUT2D eigenvalue weighted by molar-refractivity contribution is 0.0608. The number of likely N-dealkylation sites (N-methyl/N-ethyl adjacent to an activating group) is 1. The summed E-state index contributed by atoms with van der Waals surface area (Å²) in [6, 6.07) is 17.0. The zero-order chi connectivity index (χ0) is 19.5. The third kappa shape index (κ3) is 3.94. The number of likely N-dealkylation sites (tertiary alicyclic amines) is 1. The van der Waals surface area contributed by atoms with Gasteiger partial charge in [-0.05, 0) is 50.9 Å². The Bertz CT molecular complexity index is 950. The SMILES string of the molecule is Cc1ccc2[nH]nc(C(=O)N3CCCC(N(C)CCc4ccccc4)C3)c2c1. The Morgan fingerprint density at radius 3 is 2.89 bits per heavy atom. The van der Waals surface area contributed by atoms with Gasteiger partial charge in [-0.1, -0.05) is 42.0 Å². The number of piperidine rings is 1. The van der Waals surface area contributed by atoms with E-state index in [1.807, 2.05) is 30.0 Å². The Morgan fingerprint density at radius 2 is 2.07 bits per heavy atom. The lowest BCUT2D eigenvalue weighted by atomic mass is 10.0. The minimum atomic E-state index is 0.0398. The number of amides is 1. The first kappa shape index (κ1) is 18.7. The molecule has 1 N–H and O–H groups in total. The smallest absolute Gasteiger partial charge is 0.275 e. The summed E-state index contributed by atoms with van der Waals surface area (Å²) in [5.74, 6) is 0.0398. The minimum Gasteiger partial charge on any atom is -0.336 e. The maximum atomic E-state index is 13.2. The normalized spacial score (nSPS) is 17.4. The van der Waals surface area contributed by atoms with E-state index in [0.29, 0.717) is 11.7 Å². The Hall–Kier alpha value is -2.66. The number of benzene rings is 2. The lowest BCUT2D eigenvalue weighted by Gasteiger charge is -2.37. The number of aryl methyl sites for hydroxylation is 1. The molecule has 1 aliphatic heterocycles. The van der Waals surface area contributed by atoms with Gasteiger partial charge in [-0.3, -0.25) is 9.89 Å². The fourth-order valence-electron chi connectivity index (χ4n) is 4.07. The summed E-state index contributed by atoms with van der Waals surface area (Å²) in [5, 5.41) is 8.25. The van der Waals surface area contributed by atoms with Crippen molar-refractivity contribution in [3.63, 3.8) is 0 Å². The number of carbonyl (C=O) groups is 1. The summed E-state index contributed by atoms with van der Waals surface area (Å²) in [6.45, 7) is 4.62. The van der Waals surface area contributed by atoms with Gasteiger partial charge >= 0.3 is 0 Å². The molecule has 1 atom stereocenters. The van der Waals surface area contributed by atoms with Crippen LogP contribution in [-0.2, 0) is 6.42 Å². The van der Waals surface area contributed by atoms with Crippen LogP contribution in [0, 0.1) is 6.92 Å². The van der Waals surface area contributed by atoms with Gasteiger partial charge in [0.05, 0.1) is 5.52 Å². The molecule has 5 nitrogen and oxygen atoms in total. The Labute approximate surface area is 166 Å². The standard InChI is InChI=1S/C23H28N4O/c1-17-10-11-21-20(15-17)22(25-24-21)23(28)27-13-6-9-19(16-27)26(2)14-12-18-7-4-3-5-8-18/h3-5,7-8,10-11,15,19H,6,9,12-14,16H2,1-2H3,(H,24,25). The van der Waals surface area contributed by atoms with Crippen LogP contribution in [0.25, 0.3) is 10.9 Å². The van der Waals surface area contributed by atoms with E-state index in [0.717, 1.165) is 55.4 Å². The number of nitrogens with zero attached hydrogens (tertiary/aromatic N) is 3. The Balaban J connectivity index is 1.42. The van der Waals surface area contributed by atoms with Crippen LogP contribution in [0.1, 0.15) is 34.5 Å². The summed E-state index contributed by atoms with van der Waals surface area (Å²) in [4.78, 5) is 17.5. The van der Waals surface area contributed by atoms with Crippen molar-refractivity contribution in [2.24, 2.45) is 0 Å². The zero-order valence-corrected chi connectivity index (χ0v) is 16.7. The quantitative estimate of drug-likeness (QED) is 0.739. The van der Waals surface area contributed by atoms with Gasteiger partial charge in [0, 0.05) is 31.1 Å². The summed E-state index contributed by atoms with van der Waals surface area (Å²) in [5.41, 5.74) is 3.96. The molecule has 146 valence electrons. The molecule has 1 unspecified atom stereocenters. The van der Waals surface area contributed by atoms with E-state index in [4.69, 9.17) is 0 Å². The summed E-state index contributed by atoms with van der Waals surface area (Å²) < 4.78 is 0. The van der Waals surface area contributed by atoms with Gasteiger partial charge in [0.1, 0.15) is 0 Å². The average molecular weight is 377 g/mol. The van der Waals surface area contributed by atoms with Gasteiger partial charge in [0.15, 0.2) is 5.69 Å². The first-order valence-electron chi connectivity index (χ1n) is 10.1. The van der Waals surface area contributed by atoms with Crippen molar-refractivity contribution in [2.75, 3.05) is 26.7 Å². The number of carbonyl (C=O) groups excluding carboxylic acids is 1. The van der Waals surface area contributed by atoms with E-state index < -0.39 is 0 Å². The molecule has 0 bridgehead atoms. The van der Waals surface area contributed by atoms with Gasteiger partial charge in [-0.15, -0.1) is 0 Å². The second kappa shape index (κ2) is 8.15. The molecule has 0 radical (unpaired) electrons. The Morgan fingerprint density at radius 1 is 1.25 bits per heavy atom. The highest BCUT2D eigenvalue weighted by molar-refractivity contribution is 6.04. The van der Waals surface area contributed by atoms with Crippen LogP contribution < -0.4 is 0 Å². The van der Waals surface area contributed by atoms with E-state index in [9.17, 15) is 4.79 Å². The first-order chi connectivity index (χ1) is 13.6. The van der Waals surface area contributed by atoms with Gasteiger partial charge in [0.25, 0.3) is 5.91 Å². The maximum Gasteiger partial charge on any atom is 0.275 e. The van der Waals surface area contributed by atoms with Crippen LogP contribution >= 0.6 is 0 Å². The number of rotatable bonds is 5. The molecular formula is C23H28N4O. The third-order valence-electron chi connectivity index (χ3n) is 5.82. The van der Waals surface area contributed by atoms with Crippen LogP contribution in [0.3, 0.4) is 0 Å². The average Bonchev–Trinajstić information content (AvgIpc) is 3.15. The molecule has 2 heterocycles. The minimum absolute atomic E-state index is 0.0398. The highest BCUT2D eigenvalue weighted by Crippen LogP contribution is 2.22. The molecule has 4 rings (SSSR count). The van der Waals surface area contributed by atoms with E-state index in [1.165, 1.54) is 5.56 Å². The molecule has 3 aromatic rings.